The zero-order chi connectivity index (χ0) is 28.1. The number of piperidine rings is 1. The molecule has 0 saturated carbocycles. The summed E-state index contributed by atoms with van der Waals surface area (Å²) in [6.07, 6.45) is 1.54. The fourth-order valence-corrected chi connectivity index (χ4v) is 5.18. The molecule has 1 unspecified atom stereocenters. The third kappa shape index (κ3) is 6.69. The summed E-state index contributed by atoms with van der Waals surface area (Å²) < 4.78 is 31.4. The van der Waals surface area contributed by atoms with Gasteiger partial charge in [-0.3, -0.25) is 9.69 Å². The van der Waals surface area contributed by atoms with Gasteiger partial charge in [0.05, 0.1) is 0 Å². The number of nitrogens with two attached hydrogens (primary N) is 1. The molecule has 1 aliphatic heterocycles. The predicted molar refractivity (Wildman–Crippen MR) is 151 cm³/mol. The molecule has 1 saturated heterocycles. The van der Waals surface area contributed by atoms with Crippen molar-refractivity contribution in [2.75, 3.05) is 26.2 Å². The van der Waals surface area contributed by atoms with Gasteiger partial charge in [0.15, 0.2) is 0 Å². The lowest BCUT2D eigenvalue weighted by molar-refractivity contribution is -0.123. The Balaban J connectivity index is 1.30. The number of primary amides is 1. The molecule has 0 radical (unpaired) electrons. The number of amides is 1. The molecule has 208 valence electrons. The minimum absolute atomic E-state index is 0.104. The molecule has 4 aromatic rings. The normalized spacial score (nSPS) is 15.2. The summed E-state index contributed by atoms with van der Waals surface area (Å²) in [5.41, 5.74) is 8.15. The number of nitrogens with zero attached hydrogens (tertiary/aromatic N) is 1. The number of hydrogen-bond acceptors (Lipinski definition) is 6. The summed E-state index contributed by atoms with van der Waals surface area (Å²) in [4.78, 5) is 26.6. The van der Waals surface area contributed by atoms with Crippen LogP contribution in [0.5, 0.6) is 11.5 Å². The van der Waals surface area contributed by atoms with E-state index in [0.29, 0.717) is 48.5 Å². The van der Waals surface area contributed by atoms with Crippen molar-refractivity contribution in [3.05, 3.63) is 106 Å². The molecule has 7 nitrogen and oxygen atoms in total. The van der Waals surface area contributed by atoms with Crippen molar-refractivity contribution < 1.29 is 23.1 Å². The van der Waals surface area contributed by atoms with Crippen LogP contribution in [-0.4, -0.2) is 43.2 Å². The molecule has 1 aliphatic rings. The van der Waals surface area contributed by atoms with Crippen molar-refractivity contribution >= 4 is 16.9 Å². The van der Waals surface area contributed by atoms with E-state index in [4.69, 9.17) is 19.6 Å². The molecule has 1 atom stereocenters. The van der Waals surface area contributed by atoms with Crippen molar-refractivity contribution in [2.45, 2.75) is 32.3 Å². The van der Waals surface area contributed by atoms with E-state index in [1.54, 1.807) is 18.2 Å². The third-order valence-corrected chi connectivity index (χ3v) is 7.49. The van der Waals surface area contributed by atoms with Crippen LogP contribution < -0.4 is 20.8 Å². The molecule has 0 bridgehead atoms. The third-order valence-electron chi connectivity index (χ3n) is 7.49. The van der Waals surface area contributed by atoms with Crippen LogP contribution in [0.1, 0.15) is 29.5 Å². The maximum atomic E-state index is 13.4. The number of ether oxygens (including phenoxy) is 2. The van der Waals surface area contributed by atoms with E-state index >= 15 is 0 Å². The first-order chi connectivity index (χ1) is 19.4. The van der Waals surface area contributed by atoms with Crippen LogP contribution in [0.15, 0.2) is 82.0 Å². The highest BCUT2D eigenvalue weighted by molar-refractivity contribution is 5.82. The molecule has 40 heavy (non-hydrogen) atoms. The fraction of sp³-hybridized carbons (Fsp3) is 0.312. The van der Waals surface area contributed by atoms with Gasteiger partial charge in [0.1, 0.15) is 35.6 Å². The van der Waals surface area contributed by atoms with E-state index in [1.165, 1.54) is 12.1 Å². The van der Waals surface area contributed by atoms with E-state index in [0.717, 1.165) is 29.6 Å². The lowest BCUT2D eigenvalue weighted by Gasteiger charge is -2.33. The molecule has 5 rings (SSSR count). The number of carbonyl (C=O) groups is 1. The molecule has 2 heterocycles. The number of fused-ring (bicyclic) bond motifs is 1. The number of aryl methyl sites for hydroxylation is 1. The lowest BCUT2D eigenvalue weighted by atomic mass is 9.96. The Labute approximate surface area is 232 Å². The number of likely N-dealkylation sites (tertiary alicyclic amines) is 1. The quantitative estimate of drug-likeness (QED) is 0.287. The van der Waals surface area contributed by atoms with Gasteiger partial charge in [0, 0.05) is 35.9 Å². The van der Waals surface area contributed by atoms with E-state index in [2.05, 4.69) is 4.90 Å². The fourth-order valence-electron chi connectivity index (χ4n) is 5.18. The van der Waals surface area contributed by atoms with Gasteiger partial charge in [0.25, 0.3) is 0 Å². The SMILES string of the molecule is Cc1c(Cc2ccccc2)c(=O)oc2cc(OCC(CN3CCC(C(N)=O)CC3)Oc3ccc(F)cc3)ccc12. The maximum absolute atomic E-state index is 13.4. The highest BCUT2D eigenvalue weighted by Crippen LogP contribution is 2.26. The second-order valence-corrected chi connectivity index (χ2v) is 10.3. The van der Waals surface area contributed by atoms with Crippen molar-refractivity contribution in [1.29, 1.82) is 0 Å². The maximum Gasteiger partial charge on any atom is 0.340 e. The Bertz CT molecular complexity index is 1510. The van der Waals surface area contributed by atoms with Gasteiger partial charge in [0.2, 0.25) is 5.91 Å². The summed E-state index contributed by atoms with van der Waals surface area (Å²) in [5.74, 6) is 0.382. The molecule has 1 fully saturated rings. The van der Waals surface area contributed by atoms with Crippen molar-refractivity contribution in [2.24, 2.45) is 11.7 Å². The average Bonchev–Trinajstić information content (AvgIpc) is 2.96. The Morgan fingerprint density at radius 2 is 1.75 bits per heavy atom. The number of halogens is 1. The van der Waals surface area contributed by atoms with Crippen molar-refractivity contribution in [3.8, 4) is 11.5 Å². The molecule has 1 aromatic heterocycles. The molecular weight excluding hydrogens is 511 g/mol. The molecule has 2 N–H and O–H groups in total. The summed E-state index contributed by atoms with van der Waals surface area (Å²) >= 11 is 0. The van der Waals surface area contributed by atoms with Gasteiger partial charge in [-0.15, -0.1) is 0 Å². The average molecular weight is 545 g/mol. The minimum atomic E-state index is -0.367. The molecule has 8 heteroatoms. The molecule has 3 aromatic carbocycles. The molecule has 1 amide bonds. The predicted octanol–water partition coefficient (Wildman–Crippen LogP) is 4.86. The summed E-state index contributed by atoms with van der Waals surface area (Å²) in [6, 6.07) is 21.2. The Morgan fingerprint density at radius 3 is 2.45 bits per heavy atom. The van der Waals surface area contributed by atoms with Gasteiger partial charge in [-0.05, 0) is 80.4 Å². The van der Waals surface area contributed by atoms with Crippen molar-refractivity contribution in [3.63, 3.8) is 0 Å². The second kappa shape index (κ2) is 12.3. The van der Waals surface area contributed by atoms with Crippen molar-refractivity contribution in [1.82, 2.24) is 4.90 Å². The Hall–Kier alpha value is -4.17. The van der Waals surface area contributed by atoms with Crippen LogP contribution in [0, 0.1) is 18.7 Å². The monoisotopic (exact) mass is 544 g/mol. The number of carbonyl (C=O) groups excluding carboxylic acids is 1. The topological polar surface area (TPSA) is 95.0 Å². The number of rotatable bonds is 10. The van der Waals surface area contributed by atoms with Gasteiger partial charge in [-0.2, -0.15) is 0 Å². The van der Waals surface area contributed by atoms with Crippen LogP contribution in [0.2, 0.25) is 0 Å². The Kier molecular flexibility index (Phi) is 8.45. The number of hydrogen-bond donors (Lipinski definition) is 1. The lowest BCUT2D eigenvalue weighted by Crippen LogP contribution is -2.44. The van der Waals surface area contributed by atoms with E-state index in [9.17, 15) is 14.0 Å². The zero-order valence-electron chi connectivity index (χ0n) is 22.5. The summed E-state index contributed by atoms with van der Waals surface area (Å²) in [7, 11) is 0. The van der Waals surface area contributed by atoms with Crippen LogP contribution in [0.4, 0.5) is 4.39 Å². The first-order valence-electron chi connectivity index (χ1n) is 13.5. The first-order valence-corrected chi connectivity index (χ1v) is 13.5. The van der Waals surface area contributed by atoms with Crippen LogP contribution in [-0.2, 0) is 11.2 Å². The minimum Gasteiger partial charge on any atom is -0.490 e. The zero-order valence-corrected chi connectivity index (χ0v) is 22.5. The van der Waals surface area contributed by atoms with E-state index in [1.807, 2.05) is 49.4 Å². The van der Waals surface area contributed by atoms with Crippen LogP contribution >= 0.6 is 0 Å². The molecule has 0 spiro atoms. The van der Waals surface area contributed by atoms with Crippen LogP contribution in [0.25, 0.3) is 11.0 Å². The smallest absolute Gasteiger partial charge is 0.340 e. The first kappa shape index (κ1) is 27.4. The largest absolute Gasteiger partial charge is 0.490 e. The van der Waals surface area contributed by atoms with Crippen LogP contribution in [0.3, 0.4) is 0 Å². The molecule has 0 aliphatic carbocycles. The van der Waals surface area contributed by atoms with E-state index < -0.39 is 0 Å². The van der Waals surface area contributed by atoms with Gasteiger partial charge in [-0.25, -0.2) is 9.18 Å². The Morgan fingerprint density at radius 1 is 1.05 bits per heavy atom. The van der Waals surface area contributed by atoms with Gasteiger partial charge in [-0.1, -0.05) is 30.3 Å². The van der Waals surface area contributed by atoms with E-state index in [-0.39, 0.29) is 36.0 Å². The summed E-state index contributed by atoms with van der Waals surface area (Å²) in [6.45, 7) is 4.17. The van der Waals surface area contributed by atoms with Gasteiger partial charge >= 0.3 is 5.63 Å². The highest BCUT2D eigenvalue weighted by atomic mass is 19.1. The summed E-state index contributed by atoms with van der Waals surface area (Å²) in [5, 5.41) is 0.856. The highest BCUT2D eigenvalue weighted by Gasteiger charge is 2.26. The van der Waals surface area contributed by atoms with Gasteiger partial charge < -0.3 is 19.6 Å². The molecular formula is C32H33FN2O5. The number of benzene rings is 3. The second-order valence-electron chi connectivity index (χ2n) is 10.3. The standard InChI is InChI=1S/C32H33FN2O5/c1-21-28-12-11-26(18-30(28)40-32(37)29(21)17-22-5-3-2-4-6-22)38-20-27(39-25-9-7-24(33)8-10-25)19-35-15-13-23(14-16-35)31(34)36/h2-12,18,23,27H,13-17,19-20H2,1H3,(H2,34,36).